The third kappa shape index (κ3) is 9.71. The number of benzene rings is 3. The second-order valence-corrected chi connectivity index (χ2v) is 11.1. The highest BCUT2D eigenvalue weighted by atomic mass is 32.2. The van der Waals surface area contributed by atoms with Crippen molar-refractivity contribution in [3.05, 3.63) is 90.9 Å². The number of hydrogen-bond donors (Lipinski definition) is 4. The lowest BCUT2D eigenvalue weighted by Crippen LogP contribution is -2.19. The predicted octanol–water partition coefficient (Wildman–Crippen LogP) is 6.44. The number of thioether (sulfide) groups is 1. The van der Waals surface area contributed by atoms with Gasteiger partial charge >= 0.3 is 0 Å². The van der Waals surface area contributed by atoms with Crippen molar-refractivity contribution in [1.29, 1.82) is 0 Å². The van der Waals surface area contributed by atoms with Gasteiger partial charge in [-0.1, -0.05) is 36.6 Å². The van der Waals surface area contributed by atoms with Gasteiger partial charge in [0.2, 0.25) is 17.6 Å². The molecule has 240 valence electrons. The highest BCUT2D eigenvalue weighted by molar-refractivity contribution is 8.22. The average molecular weight is 665 g/mol. The lowest BCUT2D eigenvalue weighted by molar-refractivity contribution is -0.111. The van der Waals surface area contributed by atoms with Crippen molar-refractivity contribution in [1.82, 2.24) is 15.3 Å². The van der Waals surface area contributed by atoms with Crippen LogP contribution in [-0.4, -0.2) is 53.9 Å². The van der Waals surface area contributed by atoms with Crippen LogP contribution in [0.2, 0.25) is 0 Å². The van der Waals surface area contributed by atoms with E-state index in [-0.39, 0.29) is 17.7 Å². The smallest absolute Gasteiger partial charge is 0.247 e. The first kappa shape index (κ1) is 33.8. The molecule has 46 heavy (non-hydrogen) atoms. The molecular formula is C32H33FN6O5S2. The molecule has 0 atom stereocenters. The Morgan fingerprint density at radius 1 is 0.978 bits per heavy atom. The number of amides is 1. The fourth-order valence-electron chi connectivity index (χ4n) is 4.04. The van der Waals surface area contributed by atoms with Gasteiger partial charge in [-0.3, -0.25) is 4.79 Å². The van der Waals surface area contributed by atoms with E-state index in [1.54, 1.807) is 69.9 Å². The molecule has 4 aromatic rings. The van der Waals surface area contributed by atoms with Crippen molar-refractivity contribution in [3.8, 4) is 23.0 Å². The zero-order chi connectivity index (χ0) is 32.9. The first-order chi connectivity index (χ1) is 22.3. The summed E-state index contributed by atoms with van der Waals surface area (Å²) in [5.74, 6) is 2.18. The molecule has 11 nitrogen and oxygen atoms in total. The summed E-state index contributed by atoms with van der Waals surface area (Å²) in [6.07, 6.45) is 2.23. The molecule has 4 N–H and O–H groups in total. The van der Waals surface area contributed by atoms with Crippen molar-refractivity contribution < 1.29 is 28.1 Å². The molecule has 0 aliphatic rings. The lowest BCUT2D eigenvalue weighted by Gasteiger charge is -2.15. The molecule has 3 aromatic carbocycles. The molecule has 0 spiro atoms. The van der Waals surface area contributed by atoms with E-state index in [9.17, 15) is 9.18 Å². The van der Waals surface area contributed by atoms with Gasteiger partial charge in [-0.25, -0.2) is 9.37 Å². The zero-order valence-corrected chi connectivity index (χ0v) is 27.0. The average Bonchev–Trinajstić information content (AvgIpc) is 3.07. The summed E-state index contributed by atoms with van der Waals surface area (Å²) in [7, 11) is 4.71. The summed E-state index contributed by atoms with van der Waals surface area (Å²) in [6, 6.07) is 17.7. The van der Waals surface area contributed by atoms with Crippen molar-refractivity contribution in [2.75, 3.05) is 49.6 Å². The summed E-state index contributed by atoms with van der Waals surface area (Å²) in [4.78, 5) is 19.9. The van der Waals surface area contributed by atoms with Gasteiger partial charge < -0.3 is 40.2 Å². The Balaban J connectivity index is 1.23. The lowest BCUT2D eigenvalue weighted by atomic mass is 10.2. The normalized spacial score (nSPS) is 10.3. The Morgan fingerprint density at radius 2 is 1.70 bits per heavy atom. The number of aromatic nitrogens is 2. The van der Waals surface area contributed by atoms with Gasteiger partial charge in [0.1, 0.15) is 10.1 Å². The van der Waals surface area contributed by atoms with E-state index in [0.29, 0.717) is 63.3 Å². The molecule has 1 heterocycles. The standard InChI is InChI=1S/C32H33FN6O5S2/c1-5-28(40)36-22-7-6-8-23(17-22)37-30-25(33)19-34-31(39-30)38-21-9-11-24(12-10-21)44-13-14-46-32(45)35-18-20-15-26(41-2)29(43-4)27(16-20)42-3/h5-12,15-17,19H,1,13-14,18H2,2-4H3,(H,35,45)(H,36,40)(H2,34,37,38,39). The molecule has 0 unspecified atom stereocenters. The first-order valence-electron chi connectivity index (χ1n) is 13.8. The van der Waals surface area contributed by atoms with Gasteiger partial charge in [-0.15, -0.1) is 0 Å². The third-order valence-corrected chi connectivity index (χ3v) is 7.45. The highest BCUT2D eigenvalue weighted by Crippen LogP contribution is 2.38. The monoisotopic (exact) mass is 664 g/mol. The van der Waals surface area contributed by atoms with Gasteiger partial charge in [-0.2, -0.15) is 4.98 Å². The molecule has 0 bridgehead atoms. The van der Waals surface area contributed by atoms with Crippen molar-refractivity contribution in [2.45, 2.75) is 6.54 Å². The van der Waals surface area contributed by atoms with E-state index in [2.05, 4.69) is 37.8 Å². The molecule has 14 heteroatoms. The number of halogens is 1. The van der Waals surface area contributed by atoms with Crippen molar-refractivity contribution in [3.63, 3.8) is 0 Å². The number of methoxy groups -OCH3 is 3. The molecule has 1 amide bonds. The maximum atomic E-state index is 14.5. The van der Waals surface area contributed by atoms with Crippen LogP contribution in [0.4, 0.5) is 33.2 Å². The molecule has 0 aliphatic heterocycles. The Hall–Kier alpha value is -5.08. The minimum Gasteiger partial charge on any atom is -0.493 e. The molecule has 4 rings (SSSR count). The minimum absolute atomic E-state index is 0.0296. The number of anilines is 5. The van der Waals surface area contributed by atoms with E-state index in [4.69, 9.17) is 31.2 Å². The second kappa shape index (κ2) is 16.8. The van der Waals surface area contributed by atoms with Gasteiger partial charge in [0, 0.05) is 29.4 Å². The first-order valence-corrected chi connectivity index (χ1v) is 15.2. The second-order valence-electron chi connectivity index (χ2n) is 9.31. The quantitative estimate of drug-likeness (QED) is 0.0635. The summed E-state index contributed by atoms with van der Waals surface area (Å²) >= 11 is 6.93. The number of nitrogens with zero attached hydrogens (tertiary/aromatic N) is 2. The maximum Gasteiger partial charge on any atom is 0.247 e. The van der Waals surface area contributed by atoms with E-state index < -0.39 is 5.82 Å². The van der Waals surface area contributed by atoms with Crippen LogP contribution < -0.4 is 40.2 Å². The number of carbonyl (C=O) groups excluding carboxylic acids is 1. The summed E-state index contributed by atoms with van der Waals surface area (Å²) in [5, 5.41) is 11.8. The van der Waals surface area contributed by atoms with E-state index in [0.717, 1.165) is 17.8 Å². The van der Waals surface area contributed by atoms with E-state index in [1.807, 2.05) is 12.1 Å². The summed E-state index contributed by atoms with van der Waals surface area (Å²) < 4.78 is 37.1. The van der Waals surface area contributed by atoms with Crippen LogP contribution in [0.3, 0.4) is 0 Å². The molecule has 0 saturated heterocycles. The van der Waals surface area contributed by atoms with E-state index >= 15 is 0 Å². The number of hydrogen-bond acceptors (Lipinski definition) is 11. The number of carbonyl (C=O) groups is 1. The highest BCUT2D eigenvalue weighted by Gasteiger charge is 2.13. The van der Waals surface area contributed by atoms with Crippen LogP contribution in [0.1, 0.15) is 5.56 Å². The zero-order valence-electron chi connectivity index (χ0n) is 25.4. The van der Waals surface area contributed by atoms with Crippen LogP contribution in [-0.2, 0) is 11.3 Å². The van der Waals surface area contributed by atoms with Crippen molar-refractivity contribution >= 4 is 63.0 Å². The Morgan fingerprint density at radius 3 is 2.37 bits per heavy atom. The van der Waals surface area contributed by atoms with Crippen LogP contribution in [0.15, 0.2) is 79.5 Å². The third-order valence-electron chi connectivity index (χ3n) is 6.18. The maximum absolute atomic E-state index is 14.5. The molecule has 1 aromatic heterocycles. The van der Waals surface area contributed by atoms with Crippen LogP contribution in [0.5, 0.6) is 23.0 Å². The topological polar surface area (TPSA) is 128 Å². The fourth-order valence-corrected chi connectivity index (χ4v) is 4.89. The largest absolute Gasteiger partial charge is 0.493 e. The number of thiocarbonyl (C=S) groups is 1. The van der Waals surface area contributed by atoms with Gasteiger partial charge in [-0.05, 0) is 66.2 Å². The number of ether oxygens (including phenoxy) is 4. The molecule has 0 fully saturated rings. The number of rotatable bonds is 15. The molecule has 0 aliphatic carbocycles. The minimum atomic E-state index is -0.636. The molecular weight excluding hydrogens is 632 g/mol. The fraction of sp³-hybridized carbons (Fsp3) is 0.188. The Kier molecular flexibility index (Phi) is 12.4. The molecule has 0 saturated carbocycles. The SMILES string of the molecule is C=CC(=O)Nc1cccc(Nc2nc(Nc3ccc(OCCSC(=S)NCc4cc(OC)c(OC)c(OC)c4)cc3)ncc2F)c1. The van der Waals surface area contributed by atoms with E-state index in [1.165, 1.54) is 11.8 Å². The Labute approximate surface area is 275 Å². The van der Waals surface area contributed by atoms with Crippen LogP contribution in [0, 0.1) is 5.82 Å². The van der Waals surface area contributed by atoms with Gasteiger partial charge in [0.05, 0.1) is 34.1 Å². The van der Waals surface area contributed by atoms with Crippen LogP contribution in [0.25, 0.3) is 0 Å². The summed E-state index contributed by atoms with van der Waals surface area (Å²) in [6.45, 7) is 4.37. The predicted molar refractivity (Wildman–Crippen MR) is 184 cm³/mol. The van der Waals surface area contributed by atoms with Gasteiger partial charge in [0.15, 0.2) is 23.1 Å². The van der Waals surface area contributed by atoms with Crippen LogP contribution >= 0.6 is 24.0 Å². The Bertz CT molecular complexity index is 1650. The van der Waals surface area contributed by atoms with Gasteiger partial charge in [0.25, 0.3) is 0 Å². The van der Waals surface area contributed by atoms with Crippen molar-refractivity contribution in [2.24, 2.45) is 0 Å². The summed E-state index contributed by atoms with van der Waals surface area (Å²) in [5.41, 5.74) is 2.67. The number of nitrogens with one attached hydrogen (secondary N) is 4. The molecule has 0 radical (unpaired) electrons.